The van der Waals surface area contributed by atoms with Gasteiger partial charge in [0.2, 0.25) is 0 Å². The number of likely N-dealkylation sites (N-methyl/N-ethyl adjacent to an activating group) is 1. The molecule has 1 fully saturated rings. The van der Waals surface area contributed by atoms with Gasteiger partial charge < -0.3 is 14.2 Å². The Labute approximate surface area is 157 Å². The second-order valence-corrected chi connectivity index (χ2v) is 8.30. The number of thiophene rings is 1. The predicted molar refractivity (Wildman–Crippen MR) is 104 cm³/mol. The molecule has 5 heterocycles. The summed E-state index contributed by atoms with van der Waals surface area (Å²) >= 11 is 1.83. The summed E-state index contributed by atoms with van der Waals surface area (Å²) in [4.78, 5) is 19.1. The van der Waals surface area contributed by atoms with E-state index in [1.807, 2.05) is 17.4 Å². The van der Waals surface area contributed by atoms with Crippen molar-refractivity contribution in [2.45, 2.75) is 19.5 Å². The summed E-state index contributed by atoms with van der Waals surface area (Å²) in [6, 6.07) is 4.01. The van der Waals surface area contributed by atoms with Gasteiger partial charge in [-0.2, -0.15) is 0 Å². The Hall–Kier alpha value is -1.96. The fourth-order valence-corrected chi connectivity index (χ4v) is 5.20. The molecule has 2 aliphatic heterocycles. The van der Waals surface area contributed by atoms with Crippen LogP contribution < -0.4 is 4.90 Å². The first-order valence-electron chi connectivity index (χ1n) is 9.21. The van der Waals surface area contributed by atoms with Gasteiger partial charge in [-0.15, -0.1) is 11.3 Å². The van der Waals surface area contributed by atoms with Crippen LogP contribution in [0.25, 0.3) is 10.2 Å². The van der Waals surface area contributed by atoms with Gasteiger partial charge in [0.05, 0.1) is 18.2 Å². The number of piperazine rings is 1. The van der Waals surface area contributed by atoms with Gasteiger partial charge in [0, 0.05) is 44.1 Å². The molecule has 5 rings (SSSR count). The van der Waals surface area contributed by atoms with Gasteiger partial charge in [0.1, 0.15) is 22.7 Å². The van der Waals surface area contributed by atoms with E-state index in [1.54, 1.807) is 12.6 Å². The van der Waals surface area contributed by atoms with E-state index >= 15 is 0 Å². The van der Waals surface area contributed by atoms with Gasteiger partial charge in [-0.05, 0) is 31.2 Å². The van der Waals surface area contributed by atoms with Crippen molar-refractivity contribution in [1.82, 2.24) is 19.8 Å². The molecule has 2 aliphatic rings. The molecule has 136 valence electrons. The number of nitrogens with zero attached hydrogens (tertiary/aromatic N) is 5. The Bertz CT molecular complexity index is 898. The fourth-order valence-electron chi connectivity index (χ4n) is 3.98. The van der Waals surface area contributed by atoms with E-state index < -0.39 is 0 Å². The van der Waals surface area contributed by atoms with Crippen LogP contribution in [-0.2, 0) is 19.5 Å². The van der Waals surface area contributed by atoms with E-state index in [4.69, 9.17) is 9.40 Å². The van der Waals surface area contributed by atoms with Crippen LogP contribution in [0, 0.1) is 0 Å². The number of hydrogen-bond acceptors (Lipinski definition) is 7. The molecular weight excluding hydrogens is 346 g/mol. The molecule has 0 atom stereocenters. The molecule has 26 heavy (non-hydrogen) atoms. The molecule has 6 nitrogen and oxygen atoms in total. The Morgan fingerprint density at radius 2 is 2.04 bits per heavy atom. The summed E-state index contributed by atoms with van der Waals surface area (Å²) in [5.41, 5.74) is 1.47. The third-order valence-electron chi connectivity index (χ3n) is 5.46. The van der Waals surface area contributed by atoms with Gasteiger partial charge in [0.25, 0.3) is 0 Å². The highest BCUT2D eigenvalue weighted by molar-refractivity contribution is 7.19. The molecular formula is C19H23N5OS. The SMILES string of the molecule is CN1CCN(c2ncnc3sc4c(c23)CCN(Cc2ccco2)C4)CC1. The number of fused-ring (bicyclic) bond motifs is 3. The highest BCUT2D eigenvalue weighted by Crippen LogP contribution is 2.38. The monoisotopic (exact) mass is 369 g/mol. The van der Waals surface area contributed by atoms with Gasteiger partial charge in [0.15, 0.2) is 0 Å². The first kappa shape index (κ1) is 16.2. The van der Waals surface area contributed by atoms with Crippen molar-refractivity contribution in [2.24, 2.45) is 0 Å². The maximum atomic E-state index is 5.52. The largest absolute Gasteiger partial charge is 0.468 e. The van der Waals surface area contributed by atoms with Crippen molar-refractivity contribution in [3.63, 3.8) is 0 Å². The zero-order valence-corrected chi connectivity index (χ0v) is 15.8. The lowest BCUT2D eigenvalue weighted by molar-refractivity contribution is 0.229. The van der Waals surface area contributed by atoms with E-state index in [1.165, 1.54) is 15.8 Å². The molecule has 0 radical (unpaired) electrons. The molecule has 3 aromatic heterocycles. The maximum Gasteiger partial charge on any atom is 0.141 e. The normalized spacial score (nSPS) is 19.2. The minimum Gasteiger partial charge on any atom is -0.468 e. The molecule has 7 heteroatoms. The minimum atomic E-state index is 0.873. The maximum absolute atomic E-state index is 5.52. The van der Waals surface area contributed by atoms with Crippen molar-refractivity contribution >= 4 is 27.4 Å². The lowest BCUT2D eigenvalue weighted by Crippen LogP contribution is -2.45. The topological polar surface area (TPSA) is 48.6 Å². The number of aromatic nitrogens is 2. The third-order valence-corrected chi connectivity index (χ3v) is 6.58. The van der Waals surface area contributed by atoms with Crippen molar-refractivity contribution in [3.8, 4) is 0 Å². The predicted octanol–water partition coefficient (Wildman–Crippen LogP) is 2.59. The molecule has 3 aromatic rings. The van der Waals surface area contributed by atoms with Gasteiger partial charge in [-0.3, -0.25) is 4.90 Å². The Balaban J connectivity index is 1.45. The number of rotatable bonds is 3. The Kier molecular flexibility index (Phi) is 4.15. The number of anilines is 1. The molecule has 0 saturated carbocycles. The standard InChI is InChI=1S/C19H23N5OS/c1-22-6-8-24(9-7-22)18-17-15-4-5-23(11-14-3-2-10-25-14)12-16(15)26-19(17)21-13-20-18/h2-3,10,13H,4-9,11-12H2,1H3. The lowest BCUT2D eigenvalue weighted by atomic mass is 10.0. The fraction of sp³-hybridized carbons (Fsp3) is 0.474. The third kappa shape index (κ3) is 2.90. The van der Waals surface area contributed by atoms with Crippen molar-refractivity contribution in [1.29, 1.82) is 0 Å². The van der Waals surface area contributed by atoms with E-state index in [9.17, 15) is 0 Å². The summed E-state index contributed by atoms with van der Waals surface area (Å²) in [5, 5.41) is 1.30. The highest BCUT2D eigenvalue weighted by Gasteiger charge is 2.26. The molecule has 0 amide bonds. The molecule has 0 bridgehead atoms. The van der Waals surface area contributed by atoms with Gasteiger partial charge >= 0.3 is 0 Å². The lowest BCUT2D eigenvalue weighted by Gasteiger charge is -2.33. The van der Waals surface area contributed by atoms with E-state index in [0.717, 1.165) is 68.6 Å². The van der Waals surface area contributed by atoms with Crippen LogP contribution in [0.1, 0.15) is 16.2 Å². The average Bonchev–Trinajstić information content (AvgIpc) is 3.29. The zero-order chi connectivity index (χ0) is 17.5. The van der Waals surface area contributed by atoms with Crippen LogP contribution in [0.4, 0.5) is 5.82 Å². The van der Waals surface area contributed by atoms with Crippen molar-refractivity contribution in [2.75, 3.05) is 44.7 Å². The van der Waals surface area contributed by atoms with Crippen LogP contribution in [0.15, 0.2) is 29.1 Å². The minimum absolute atomic E-state index is 0.873. The van der Waals surface area contributed by atoms with Crippen LogP contribution in [0.5, 0.6) is 0 Å². The van der Waals surface area contributed by atoms with Crippen molar-refractivity contribution < 1.29 is 4.42 Å². The molecule has 0 N–H and O–H groups in total. The van der Waals surface area contributed by atoms with Crippen molar-refractivity contribution in [3.05, 3.63) is 40.9 Å². The van der Waals surface area contributed by atoms with Gasteiger partial charge in [-0.25, -0.2) is 9.97 Å². The zero-order valence-electron chi connectivity index (χ0n) is 15.0. The second-order valence-electron chi connectivity index (χ2n) is 7.21. The Morgan fingerprint density at radius 1 is 1.15 bits per heavy atom. The van der Waals surface area contributed by atoms with Crippen LogP contribution >= 0.6 is 11.3 Å². The summed E-state index contributed by atoms with van der Waals surface area (Å²) < 4.78 is 5.52. The van der Waals surface area contributed by atoms with E-state index in [2.05, 4.69) is 32.8 Å². The van der Waals surface area contributed by atoms with Crippen LogP contribution in [-0.4, -0.2) is 59.5 Å². The Morgan fingerprint density at radius 3 is 2.85 bits per heavy atom. The summed E-state index contributed by atoms with van der Waals surface area (Å²) in [6.07, 6.45) is 4.55. The second kappa shape index (κ2) is 6.64. The highest BCUT2D eigenvalue weighted by atomic mass is 32.1. The van der Waals surface area contributed by atoms with Gasteiger partial charge in [-0.1, -0.05) is 0 Å². The molecule has 0 aliphatic carbocycles. The molecule has 0 unspecified atom stereocenters. The molecule has 0 aromatic carbocycles. The average molecular weight is 369 g/mol. The smallest absolute Gasteiger partial charge is 0.141 e. The van der Waals surface area contributed by atoms with E-state index in [-0.39, 0.29) is 0 Å². The first-order chi connectivity index (χ1) is 12.8. The summed E-state index contributed by atoms with van der Waals surface area (Å²) in [7, 11) is 2.19. The quantitative estimate of drug-likeness (QED) is 0.707. The van der Waals surface area contributed by atoms with E-state index in [0.29, 0.717) is 0 Å². The number of furan rings is 1. The van der Waals surface area contributed by atoms with Crippen LogP contribution in [0.3, 0.4) is 0 Å². The summed E-state index contributed by atoms with van der Waals surface area (Å²) in [5.74, 6) is 2.17. The summed E-state index contributed by atoms with van der Waals surface area (Å²) in [6.45, 7) is 7.16. The molecule has 0 spiro atoms. The van der Waals surface area contributed by atoms with Crippen LogP contribution in [0.2, 0.25) is 0 Å². The first-order valence-corrected chi connectivity index (χ1v) is 10.0. The number of hydrogen-bond donors (Lipinski definition) is 0. The molecule has 1 saturated heterocycles.